The van der Waals surface area contributed by atoms with Gasteiger partial charge >= 0.3 is 0 Å². The lowest BCUT2D eigenvalue weighted by atomic mass is 10.1. The molecule has 6 heteroatoms. The predicted molar refractivity (Wildman–Crippen MR) is 79.4 cm³/mol. The van der Waals surface area contributed by atoms with Crippen LogP contribution in [0.4, 0.5) is 5.69 Å². The second-order valence-corrected chi connectivity index (χ2v) is 5.11. The van der Waals surface area contributed by atoms with E-state index in [0.717, 1.165) is 5.56 Å². The Bertz CT molecular complexity index is 694. The molecule has 2 aromatic rings. The van der Waals surface area contributed by atoms with Gasteiger partial charge in [-0.3, -0.25) is 9.59 Å². The third kappa shape index (κ3) is 3.11. The van der Waals surface area contributed by atoms with E-state index in [0.29, 0.717) is 23.7 Å². The van der Waals surface area contributed by atoms with Crippen molar-refractivity contribution in [2.75, 3.05) is 5.32 Å². The SMILES string of the molecule is CC1Oc2ccc(CC(=O)NCc3ccco3)cc2NC1=O. The van der Waals surface area contributed by atoms with E-state index in [1.807, 2.05) is 6.07 Å². The van der Waals surface area contributed by atoms with E-state index in [-0.39, 0.29) is 18.2 Å². The summed E-state index contributed by atoms with van der Waals surface area (Å²) in [7, 11) is 0. The number of ether oxygens (including phenoxy) is 1. The molecule has 1 atom stereocenters. The number of hydrogen-bond acceptors (Lipinski definition) is 4. The van der Waals surface area contributed by atoms with Crippen LogP contribution in [0, 0.1) is 0 Å². The summed E-state index contributed by atoms with van der Waals surface area (Å²) in [6.07, 6.45) is 1.28. The van der Waals surface area contributed by atoms with E-state index in [4.69, 9.17) is 9.15 Å². The highest BCUT2D eigenvalue weighted by molar-refractivity contribution is 5.97. The molecule has 1 aliphatic heterocycles. The van der Waals surface area contributed by atoms with E-state index in [2.05, 4.69) is 10.6 Å². The zero-order valence-electron chi connectivity index (χ0n) is 12.1. The second-order valence-electron chi connectivity index (χ2n) is 5.11. The van der Waals surface area contributed by atoms with Crippen LogP contribution in [-0.2, 0) is 22.6 Å². The van der Waals surface area contributed by atoms with Crippen LogP contribution in [0.5, 0.6) is 5.75 Å². The number of anilines is 1. The molecule has 1 aromatic heterocycles. The maximum Gasteiger partial charge on any atom is 0.265 e. The van der Waals surface area contributed by atoms with E-state index in [1.165, 1.54) is 0 Å². The Morgan fingerprint density at radius 1 is 1.36 bits per heavy atom. The van der Waals surface area contributed by atoms with Gasteiger partial charge in [-0.15, -0.1) is 0 Å². The van der Waals surface area contributed by atoms with Crippen LogP contribution in [0.2, 0.25) is 0 Å². The largest absolute Gasteiger partial charge is 0.479 e. The molecular formula is C16H16N2O4. The summed E-state index contributed by atoms with van der Waals surface area (Å²) in [4.78, 5) is 23.5. The van der Waals surface area contributed by atoms with E-state index < -0.39 is 6.10 Å². The maximum atomic E-state index is 11.9. The van der Waals surface area contributed by atoms with Crippen molar-refractivity contribution in [3.05, 3.63) is 47.9 Å². The molecule has 1 unspecified atom stereocenters. The lowest BCUT2D eigenvalue weighted by molar-refractivity contribution is -0.122. The summed E-state index contributed by atoms with van der Waals surface area (Å²) in [5.74, 6) is 1.01. The first-order chi connectivity index (χ1) is 10.6. The zero-order chi connectivity index (χ0) is 15.5. The molecule has 0 radical (unpaired) electrons. The van der Waals surface area contributed by atoms with Crippen molar-refractivity contribution in [1.29, 1.82) is 0 Å². The molecule has 3 rings (SSSR count). The Balaban J connectivity index is 1.62. The highest BCUT2D eigenvalue weighted by Gasteiger charge is 2.23. The number of amides is 2. The summed E-state index contributed by atoms with van der Waals surface area (Å²) in [5.41, 5.74) is 1.40. The first-order valence-electron chi connectivity index (χ1n) is 7.01. The number of carbonyl (C=O) groups is 2. The van der Waals surface area contributed by atoms with Crippen LogP contribution < -0.4 is 15.4 Å². The fourth-order valence-electron chi connectivity index (χ4n) is 2.21. The van der Waals surface area contributed by atoms with E-state index >= 15 is 0 Å². The molecule has 0 saturated heterocycles. The van der Waals surface area contributed by atoms with Crippen LogP contribution in [0.15, 0.2) is 41.0 Å². The van der Waals surface area contributed by atoms with Crippen LogP contribution in [-0.4, -0.2) is 17.9 Å². The van der Waals surface area contributed by atoms with Gasteiger partial charge in [-0.2, -0.15) is 0 Å². The summed E-state index contributed by atoms with van der Waals surface area (Å²) < 4.78 is 10.6. The molecule has 0 saturated carbocycles. The Labute approximate surface area is 127 Å². The molecule has 0 spiro atoms. The Morgan fingerprint density at radius 2 is 2.23 bits per heavy atom. The van der Waals surface area contributed by atoms with Crippen molar-refractivity contribution < 1.29 is 18.7 Å². The van der Waals surface area contributed by atoms with Gasteiger partial charge in [0.2, 0.25) is 5.91 Å². The summed E-state index contributed by atoms with van der Waals surface area (Å²) in [5, 5.41) is 5.55. The smallest absolute Gasteiger partial charge is 0.265 e. The van der Waals surface area contributed by atoms with Crippen LogP contribution in [0.3, 0.4) is 0 Å². The van der Waals surface area contributed by atoms with Gasteiger partial charge in [-0.05, 0) is 36.8 Å². The first kappa shape index (κ1) is 14.2. The Morgan fingerprint density at radius 3 is 3.00 bits per heavy atom. The van der Waals surface area contributed by atoms with Gasteiger partial charge in [0.15, 0.2) is 6.10 Å². The molecule has 0 fully saturated rings. The highest BCUT2D eigenvalue weighted by Crippen LogP contribution is 2.30. The molecule has 0 bridgehead atoms. The molecule has 2 heterocycles. The van der Waals surface area contributed by atoms with E-state index in [9.17, 15) is 9.59 Å². The molecule has 1 aromatic carbocycles. The lowest BCUT2D eigenvalue weighted by Gasteiger charge is -2.23. The number of furan rings is 1. The summed E-state index contributed by atoms with van der Waals surface area (Å²) in [6, 6.07) is 8.91. The third-order valence-electron chi connectivity index (χ3n) is 3.38. The maximum absolute atomic E-state index is 11.9. The van der Waals surface area contributed by atoms with Crippen LogP contribution in [0.25, 0.3) is 0 Å². The van der Waals surface area contributed by atoms with Gasteiger partial charge in [0.25, 0.3) is 5.91 Å². The van der Waals surface area contributed by atoms with Gasteiger partial charge in [-0.25, -0.2) is 0 Å². The van der Waals surface area contributed by atoms with Gasteiger partial charge in [-0.1, -0.05) is 6.07 Å². The summed E-state index contributed by atoms with van der Waals surface area (Å²) >= 11 is 0. The van der Waals surface area contributed by atoms with Gasteiger partial charge in [0, 0.05) is 0 Å². The third-order valence-corrected chi connectivity index (χ3v) is 3.38. The van der Waals surface area contributed by atoms with Crippen molar-refractivity contribution in [2.45, 2.75) is 26.0 Å². The topological polar surface area (TPSA) is 80.6 Å². The molecule has 6 nitrogen and oxygen atoms in total. The van der Waals surface area contributed by atoms with Gasteiger partial charge in [0.1, 0.15) is 11.5 Å². The second kappa shape index (κ2) is 5.93. The van der Waals surface area contributed by atoms with Crippen molar-refractivity contribution >= 4 is 17.5 Å². The minimum absolute atomic E-state index is 0.118. The number of benzene rings is 1. The molecule has 114 valence electrons. The average Bonchev–Trinajstić information content (AvgIpc) is 3.00. The van der Waals surface area contributed by atoms with Crippen molar-refractivity contribution in [1.82, 2.24) is 5.32 Å². The Kier molecular flexibility index (Phi) is 3.82. The van der Waals surface area contributed by atoms with Crippen molar-refractivity contribution in [3.63, 3.8) is 0 Å². The van der Waals surface area contributed by atoms with E-state index in [1.54, 1.807) is 37.5 Å². The number of fused-ring (bicyclic) bond motifs is 1. The standard InChI is InChI=1S/C16H16N2O4/c1-10-16(20)18-13-7-11(4-5-14(13)22-10)8-15(19)17-9-12-3-2-6-21-12/h2-7,10H,8-9H2,1H3,(H,17,19)(H,18,20). The van der Waals surface area contributed by atoms with Gasteiger partial charge in [0.05, 0.1) is 24.9 Å². The first-order valence-corrected chi connectivity index (χ1v) is 7.01. The summed E-state index contributed by atoms with van der Waals surface area (Å²) in [6.45, 7) is 2.04. The number of carbonyl (C=O) groups excluding carboxylic acids is 2. The normalized spacial score (nSPS) is 16.4. The van der Waals surface area contributed by atoms with Crippen LogP contribution >= 0.6 is 0 Å². The van der Waals surface area contributed by atoms with Crippen molar-refractivity contribution in [2.24, 2.45) is 0 Å². The fourth-order valence-corrected chi connectivity index (χ4v) is 2.21. The Hall–Kier alpha value is -2.76. The quantitative estimate of drug-likeness (QED) is 0.903. The average molecular weight is 300 g/mol. The lowest BCUT2D eigenvalue weighted by Crippen LogP contribution is -2.34. The monoisotopic (exact) mass is 300 g/mol. The van der Waals surface area contributed by atoms with Gasteiger partial charge < -0.3 is 19.8 Å². The molecule has 2 N–H and O–H groups in total. The molecule has 0 aliphatic carbocycles. The number of nitrogens with one attached hydrogen (secondary N) is 2. The number of hydrogen-bond donors (Lipinski definition) is 2. The molecular weight excluding hydrogens is 284 g/mol. The minimum Gasteiger partial charge on any atom is -0.479 e. The van der Waals surface area contributed by atoms with Crippen molar-refractivity contribution in [3.8, 4) is 5.75 Å². The minimum atomic E-state index is -0.505. The van der Waals surface area contributed by atoms with Crippen LogP contribution in [0.1, 0.15) is 18.2 Å². The molecule has 1 aliphatic rings. The predicted octanol–water partition coefficient (Wildman–Crippen LogP) is 1.86. The highest BCUT2D eigenvalue weighted by atomic mass is 16.5. The molecule has 2 amide bonds. The number of rotatable bonds is 4. The molecule has 22 heavy (non-hydrogen) atoms. The fraction of sp³-hybridized carbons (Fsp3) is 0.250. The zero-order valence-corrected chi connectivity index (χ0v) is 12.1.